The van der Waals surface area contributed by atoms with E-state index in [1.807, 2.05) is 12.1 Å². The minimum Gasteiger partial charge on any atom is -0.481 e. The van der Waals surface area contributed by atoms with Gasteiger partial charge >= 0.3 is 5.97 Å². The molecule has 3 N–H and O–H groups in total. The summed E-state index contributed by atoms with van der Waals surface area (Å²) in [5.74, 6) is -1.93. The Kier molecular flexibility index (Phi) is 5.31. The van der Waals surface area contributed by atoms with Crippen molar-refractivity contribution in [3.8, 4) is 0 Å². The SMILES string of the molecule is O=C(NC(C(=O)NC1CC(C(=O)O)C1)c1ccccc1)c1ccccc1. The molecule has 6 heteroatoms. The van der Waals surface area contributed by atoms with Crippen LogP contribution >= 0.6 is 0 Å². The highest BCUT2D eigenvalue weighted by atomic mass is 16.4. The van der Waals surface area contributed by atoms with Crippen molar-refractivity contribution >= 4 is 17.8 Å². The highest BCUT2D eigenvalue weighted by Crippen LogP contribution is 2.28. The van der Waals surface area contributed by atoms with Gasteiger partial charge in [-0.25, -0.2) is 0 Å². The quantitative estimate of drug-likeness (QED) is 0.742. The van der Waals surface area contributed by atoms with Crippen molar-refractivity contribution in [3.05, 3.63) is 71.8 Å². The number of carbonyl (C=O) groups excluding carboxylic acids is 2. The van der Waals surface area contributed by atoms with Crippen LogP contribution in [0.5, 0.6) is 0 Å². The molecule has 3 rings (SSSR count). The Morgan fingerprint density at radius 3 is 2.08 bits per heavy atom. The van der Waals surface area contributed by atoms with Crippen LogP contribution in [0.3, 0.4) is 0 Å². The van der Waals surface area contributed by atoms with Crippen LogP contribution in [0.4, 0.5) is 0 Å². The fraction of sp³-hybridized carbons (Fsp3) is 0.250. The zero-order valence-electron chi connectivity index (χ0n) is 14.1. The third kappa shape index (κ3) is 4.08. The van der Waals surface area contributed by atoms with Crippen LogP contribution in [0.1, 0.15) is 34.8 Å². The lowest BCUT2D eigenvalue weighted by atomic mass is 9.80. The summed E-state index contributed by atoms with van der Waals surface area (Å²) in [6, 6.07) is 16.6. The van der Waals surface area contributed by atoms with Gasteiger partial charge in [-0.3, -0.25) is 14.4 Å². The first kappa shape index (κ1) is 17.7. The third-order valence-electron chi connectivity index (χ3n) is 4.54. The van der Waals surface area contributed by atoms with Crippen molar-refractivity contribution in [3.63, 3.8) is 0 Å². The molecule has 6 nitrogen and oxygen atoms in total. The van der Waals surface area contributed by atoms with Gasteiger partial charge in [0.15, 0.2) is 0 Å². The van der Waals surface area contributed by atoms with Gasteiger partial charge in [0.2, 0.25) is 5.91 Å². The number of amides is 2. The zero-order valence-corrected chi connectivity index (χ0v) is 14.1. The molecule has 0 aromatic heterocycles. The van der Waals surface area contributed by atoms with Gasteiger partial charge in [-0.2, -0.15) is 0 Å². The standard InChI is InChI=1S/C20H20N2O4/c23-18(14-9-5-2-6-10-14)22-17(13-7-3-1-4-8-13)19(24)21-16-11-15(12-16)20(25)26/h1-10,15-17H,11-12H2,(H,21,24)(H,22,23)(H,25,26). The highest BCUT2D eigenvalue weighted by molar-refractivity contribution is 5.97. The molecule has 0 bridgehead atoms. The summed E-state index contributed by atoms with van der Waals surface area (Å²) in [6.45, 7) is 0. The summed E-state index contributed by atoms with van der Waals surface area (Å²) in [4.78, 5) is 36.1. The number of hydrogen-bond acceptors (Lipinski definition) is 3. The Morgan fingerprint density at radius 1 is 0.923 bits per heavy atom. The van der Waals surface area contributed by atoms with Crippen LogP contribution in [-0.2, 0) is 9.59 Å². The van der Waals surface area contributed by atoms with Gasteiger partial charge in [-0.1, -0.05) is 48.5 Å². The van der Waals surface area contributed by atoms with E-state index in [4.69, 9.17) is 5.11 Å². The predicted molar refractivity (Wildman–Crippen MR) is 95.4 cm³/mol. The smallest absolute Gasteiger partial charge is 0.306 e. The number of benzene rings is 2. The lowest BCUT2D eigenvalue weighted by molar-refractivity contribution is -0.146. The van der Waals surface area contributed by atoms with Crippen molar-refractivity contribution in [2.24, 2.45) is 5.92 Å². The fourth-order valence-electron chi connectivity index (χ4n) is 2.97. The second kappa shape index (κ2) is 7.82. The number of carboxylic acids is 1. The Bertz CT molecular complexity index is 786. The van der Waals surface area contributed by atoms with Gasteiger partial charge in [-0.05, 0) is 30.5 Å². The minimum absolute atomic E-state index is 0.177. The van der Waals surface area contributed by atoms with Crippen LogP contribution in [0.2, 0.25) is 0 Å². The van der Waals surface area contributed by atoms with Crippen molar-refractivity contribution < 1.29 is 19.5 Å². The summed E-state index contributed by atoms with van der Waals surface area (Å²) >= 11 is 0. The maximum Gasteiger partial charge on any atom is 0.306 e. The first-order chi connectivity index (χ1) is 12.5. The van der Waals surface area contributed by atoms with E-state index in [0.717, 1.165) is 0 Å². The second-order valence-electron chi connectivity index (χ2n) is 6.40. The summed E-state index contributed by atoms with van der Waals surface area (Å²) in [6.07, 6.45) is 0.824. The Balaban J connectivity index is 1.71. The van der Waals surface area contributed by atoms with E-state index in [2.05, 4.69) is 10.6 Å². The van der Waals surface area contributed by atoms with Gasteiger partial charge < -0.3 is 15.7 Å². The molecule has 1 fully saturated rings. The normalized spacial score (nSPS) is 19.7. The van der Waals surface area contributed by atoms with E-state index < -0.39 is 17.9 Å². The average Bonchev–Trinajstić information content (AvgIpc) is 2.63. The van der Waals surface area contributed by atoms with Gasteiger partial charge in [0.1, 0.15) is 6.04 Å². The van der Waals surface area contributed by atoms with E-state index >= 15 is 0 Å². The molecule has 1 unspecified atom stereocenters. The maximum atomic E-state index is 12.7. The van der Waals surface area contributed by atoms with Crippen LogP contribution in [-0.4, -0.2) is 28.9 Å². The van der Waals surface area contributed by atoms with Crippen molar-refractivity contribution in [1.82, 2.24) is 10.6 Å². The topological polar surface area (TPSA) is 95.5 Å². The molecule has 0 spiro atoms. The van der Waals surface area contributed by atoms with Crippen molar-refractivity contribution in [2.45, 2.75) is 24.9 Å². The molecule has 1 aliphatic rings. The number of carboxylic acid groups (broad SMARTS) is 1. The summed E-state index contributed by atoms with van der Waals surface area (Å²) in [5, 5.41) is 14.6. The minimum atomic E-state index is -0.840. The van der Waals surface area contributed by atoms with Crippen molar-refractivity contribution in [2.75, 3.05) is 0 Å². The summed E-state index contributed by atoms with van der Waals surface area (Å²) in [7, 11) is 0. The molecule has 2 aromatic carbocycles. The number of hydrogen-bond donors (Lipinski definition) is 3. The van der Waals surface area contributed by atoms with Crippen molar-refractivity contribution in [1.29, 1.82) is 0 Å². The Labute approximate surface area is 151 Å². The van der Waals surface area contributed by atoms with E-state index in [0.29, 0.717) is 24.0 Å². The summed E-state index contributed by atoms with van der Waals surface area (Å²) < 4.78 is 0. The Hall–Kier alpha value is -3.15. The molecule has 0 radical (unpaired) electrons. The molecular formula is C20H20N2O4. The van der Waals surface area contributed by atoms with Crippen LogP contribution in [0.15, 0.2) is 60.7 Å². The molecule has 0 heterocycles. The van der Waals surface area contributed by atoms with Gasteiger partial charge in [0.05, 0.1) is 5.92 Å². The molecule has 1 saturated carbocycles. The van der Waals surface area contributed by atoms with E-state index in [1.165, 1.54) is 0 Å². The Morgan fingerprint density at radius 2 is 1.50 bits per heavy atom. The fourth-order valence-corrected chi connectivity index (χ4v) is 2.97. The monoisotopic (exact) mass is 352 g/mol. The third-order valence-corrected chi connectivity index (χ3v) is 4.54. The molecule has 0 saturated heterocycles. The molecule has 134 valence electrons. The molecule has 1 atom stereocenters. The van der Waals surface area contributed by atoms with Gasteiger partial charge in [0, 0.05) is 11.6 Å². The van der Waals surface area contributed by atoms with E-state index in [-0.39, 0.29) is 17.9 Å². The number of carbonyl (C=O) groups is 3. The number of nitrogens with one attached hydrogen (secondary N) is 2. The van der Waals surface area contributed by atoms with E-state index in [9.17, 15) is 14.4 Å². The first-order valence-corrected chi connectivity index (χ1v) is 8.48. The molecule has 26 heavy (non-hydrogen) atoms. The van der Waals surface area contributed by atoms with Gasteiger partial charge in [-0.15, -0.1) is 0 Å². The lowest BCUT2D eigenvalue weighted by Gasteiger charge is -2.34. The maximum absolute atomic E-state index is 12.7. The second-order valence-corrected chi connectivity index (χ2v) is 6.40. The van der Waals surface area contributed by atoms with Crippen LogP contribution in [0.25, 0.3) is 0 Å². The van der Waals surface area contributed by atoms with Gasteiger partial charge in [0.25, 0.3) is 5.91 Å². The summed E-state index contributed by atoms with van der Waals surface area (Å²) in [5.41, 5.74) is 1.14. The molecule has 2 aromatic rings. The lowest BCUT2D eigenvalue weighted by Crippen LogP contribution is -2.50. The van der Waals surface area contributed by atoms with Crippen LogP contribution < -0.4 is 10.6 Å². The predicted octanol–water partition coefficient (Wildman–Crippen LogP) is 2.14. The molecule has 0 aliphatic heterocycles. The largest absolute Gasteiger partial charge is 0.481 e. The molecular weight excluding hydrogens is 332 g/mol. The van der Waals surface area contributed by atoms with Crippen LogP contribution in [0, 0.1) is 5.92 Å². The average molecular weight is 352 g/mol. The first-order valence-electron chi connectivity index (χ1n) is 8.48. The highest BCUT2D eigenvalue weighted by Gasteiger charge is 2.36. The van der Waals surface area contributed by atoms with E-state index in [1.54, 1.807) is 48.5 Å². The number of aliphatic carboxylic acids is 1. The molecule has 1 aliphatic carbocycles. The number of rotatable bonds is 6. The molecule has 2 amide bonds. The zero-order chi connectivity index (χ0) is 18.5.